The van der Waals surface area contributed by atoms with Crippen molar-refractivity contribution in [1.29, 1.82) is 0 Å². The quantitative estimate of drug-likeness (QED) is 0.533. The molecule has 2 aliphatic rings. The number of hydrogen-bond donors (Lipinski definition) is 3. The summed E-state index contributed by atoms with van der Waals surface area (Å²) in [5.74, 6) is 1.25. The molecule has 1 saturated heterocycles. The maximum atomic E-state index is 12.2. The SMILES string of the molecule is C[C@H]1[C@@H](NC(=S)NNC(=O)Cc2ccc(N3CCCC3=O)cc2)CCC[C@@H]1C. The average Bonchev–Trinajstić information content (AvgIpc) is 3.10. The maximum absolute atomic E-state index is 12.2. The molecule has 1 aliphatic heterocycles. The van der Waals surface area contributed by atoms with Crippen molar-refractivity contribution < 1.29 is 9.59 Å². The van der Waals surface area contributed by atoms with E-state index in [1.54, 1.807) is 4.90 Å². The highest BCUT2D eigenvalue weighted by molar-refractivity contribution is 7.80. The fraction of sp³-hybridized carbons (Fsp3) is 0.571. The first kappa shape index (κ1) is 20.6. The molecule has 28 heavy (non-hydrogen) atoms. The fourth-order valence-corrected chi connectivity index (χ4v) is 4.26. The summed E-state index contributed by atoms with van der Waals surface area (Å²) in [6, 6.07) is 7.93. The number of thiocarbonyl (C=S) groups is 1. The molecule has 1 aromatic carbocycles. The summed E-state index contributed by atoms with van der Waals surface area (Å²) in [5.41, 5.74) is 7.27. The van der Waals surface area contributed by atoms with Gasteiger partial charge in [0.25, 0.3) is 0 Å². The van der Waals surface area contributed by atoms with Gasteiger partial charge in [-0.1, -0.05) is 38.8 Å². The van der Waals surface area contributed by atoms with Crippen molar-refractivity contribution in [2.75, 3.05) is 11.4 Å². The van der Waals surface area contributed by atoms with Gasteiger partial charge in [-0.3, -0.25) is 20.4 Å². The van der Waals surface area contributed by atoms with E-state index in [4.69, 9.17) is 12.2 Å². The molecular weight excluding hydrogens is 372 g/mol. The van der Waals surface area contributed by atoms with Gasteiger partial charge in [0.05, 0.1) is 6.42 Å². The van der Waals surface area contributed by atoms with E-state index in [1.807, 2.05) is 24.3 Å². The minimum atomic E-state index is -0.154. The molecule has 1 heterocycles. The summed E-state index contributed by atoms with van der Waals surface area (Å²) in [5, 5.41) is 3.79. The minimum Gasteiger partial charge on any atom is -0.358 e. The third-order valence-electron chi connectivity index (χ3n) is 6.02. The zero-order valence-electron chi connectivity index (χ0n) is 16.7. The predicted molar refractivity (Wildman–Crippen MR) is 115 cm³/mol. The summed E-state index contributed by atoms with van der Waals surface area (Å²) >= 11 is 5.32. The lowest BCUT2D eigenvalue weighted by molar-refractivity contribution is -0.121. The van der Waals surface area contributed by atoms with Gasteiger partial charge in [-0.25, -0.2) is 0 Å². The Morgan fingerprint density at radius 3 is 2.57 bits per heavy atom. The summed E-state index contributed by atoms with van der Waals surface area (Å²) < 4.78 is 0. The number of nitrogens with zero attached hydrogens (tertiary/aromatic N) is 1. The van der Waals surface area contributed by atoms with Crippen molar-refractivity contribution in [3.63, 3.8) is 0 Å². The number of hydrogen-bond acceptors (Lipinski definition) is 3. The molecule has 3 rings (SSSR count). The van der Waals surface area contributed by atoms with E-state index in [0.29, 0.717) is 29.4 Å². The van der Waals surface area contributed by atoms with Crippen molar-refractivity contribution in [3.8, 4) is 0 Å². The second-order valence-corrected chi connectivity index (χ2v) is 8.42. The molecule has 152 valence electrons. The molecule has 2 fully saturated rings. The van der Waals surface area contributed by atoms with Crippen LogP contribution in [0, 0.1) is 11.8 Å². The molecule has 7 heteroatoms. The van der Waals surface area contributed by atoms with Crippen LogP contribution in [-0.2, 0) is 16.0 Å². The first-order valence-electron chi connectivity index (χ1n) is 10.2. The Bertz CT molecular complexity index is 722. The van der Waals surface area contributed by atoms with Crippen LogP contribution in [-0.4, -0.2) is 29.5 Å². The minimum absolute atomic E-state index is 0.154. The smallest absolute Gasteiger partial charge is 0.242 e. The van der Waals surface area contributed by atoms with Crippen molar-refractivity contribution in [2.45, 2.75) is 58.4 Å². The highest BCUT2D eigenvalue weighted by atomic mass is 32.1. The van der Waals surface area contributed by atoms with Crippen LogP contribution in [0.4, 0.5) is 5.69 Å². The zero-order valence-corrected chi connectivity index (χ0v) is 17.5. The molecule has 1 saturated carbocycles. The van der Waals surface area contributed by atoms with Crippen LogP contribution in [0.25, 0.3) is 0 Å². The van der Waals surface area contributed by atoms with Gasteiger partial charge in [-0.2, -0.15) is 0 Å². The van der Waals surface area contributed by atoms with Crippen LogP contribution in [0.3, 0.4) is 0 Å². The Morgan fingerprint density at radius 2 is 1.89 bits per heavy atom. The van der Waals surface area contributed by atoms with Crippen molar-refractivity contribution in [2.24, 2.45) is 11.8 Å². The number of carbonyl (C=O) groups is 2. The molecule has 0 unspecified atom stereocenters. The lowest BCUT2D eigenvalue weighted by Crippen LogP contribution is -2.52. The van der Waals surface area contributed by atoms with Gasteiger partial charge in [-0.05, 0) is 54.6 Å². The predicted octanol–water partition coefficient (Wildman–Crippen LogP) is 2.68. The molecule has 6 nitrogen and oxygen atoms in total. The van der Waals surface area contributed by atoms with Crippen molar-refractivity contribution in [1.82, 2.24) is 16.2 Å². The number of hydrazine groups is 1. The molecule has 0 aromatic heterocycles. The number of benzene rings is 1. The molecule has 0 bridgehead atoms. The van der Waals surface area contributed by atoms with Crippen LogP contribution < -0.4 is 21.1 Å². The number of nitrogens with one attached hydrogen (secondary N) is 3. The van der Waals surface area contributed by atoms with E-state index in [2.05, 4.69) is 30.0 Å². The van der Waals surface area contributed by atoms with Gasteiger partial charge in [-0.15, -0.1) is 0 Å². The van der Waals surface area contributed by atoms with Gasteiger partial charge in [0.2, 0.25) is 11.8 Å². The molecule has 1 aliphatic carbocycles. The number of carbonyl (C=O) groups excluding carboxylic acids is 2. The second-order valence-electron chi connectivity index (χ2n) is 8.01. The normalized spacial score (nSPS) is 24.7. The molecule has 3 N–H and O–H groups in total. The van der Waals surface area contributed by atoms with Gasteiger partial charge < -0.3 is 10.2 Å². The van der Waals surface area contributed by atoms with Gasteiger partial charge in [0.1, 0.15) is 0 Å². The Labute approximate surface area is 172 Å². The number of anilines is 1. The first-order chi connectivity index (χ1) is 13.4. The van der Waals surface area contributed by atoms with Crippen molar-refractivity contribution >= 4 is 34.8 Å². The largest absolute Gasteiger partial charge is 0.358 e. The summed E-state index contributed by atoms with van der Waals surface area (Å²) in [7, 11) is 0. The van der Waals surface area contributed by atoms with Gasteiger partial charge >= 0.3 is 0 Å². The second kappa shape index (κ2) is 9.37. The zero-order chi connectivity index (χ0) is 20.1. The number of rotatable bonds is 4. The molecule has 0 spiro atoms. The van der Waals surface area contributed by atoms with Crippen LogP contribution in [0.15, 0.2) is 24.3 Å². The Balaban J connectivity index is 1.42. The maximum Gasteiger partial charge on any atom is 0.242 e. The standard InChI is InChI=1S/C21H30N4O2S/c1-14-5-3-6-18(15(14)2)22-21(28)24-23-19(26)13-16-8-10-17(11-9-16)25-12-4-7-20(25)27/h8-11,14-15,18H,3-7,12-13H2,1-2H3,(H,23,26)(H2,22,24,28)/t14-,15+,18-/m0/s1. The lowest BCUT2D eigenvalue weighted by atomic mass is 9.78. The molecule has 0 radical (unpaired) electrons. The van der Waals surface area contributed by atoms with E-state index in [1.165, 1.54) is 12.8 Å². The molecule has 2 amide bonds. The molecule has 3 atom stereocenters. The monoisotopic (exact) mass is 402 g/mol. The third kappa shape index (κ3) is 5.22. The van der Waals surface area contributed by atoms with Crippen LogP contribution in [0.5, 0.6) is 0 Å². The Hall–Kier alpha value is -2.15. The summed E-state index contributed by atoms with van der Waals surface area (Å²) in [6.07, 6.45) is 5.34. The summed E-state index contributed by atoms with van der Waals surface area (Å²) in [6.45, 7) is 5.30. The third-order valence-corrected chi connectivity index (χ3v) is 6.24. The van der Waals surface area contributed by atoms with Crippen LogP contribution in [0.2, 0.25) is 0 Å². The Kier molecular flexibility index (Phi) is 6.88. The average molecular weight is 403 g/mol. The van der Waals surface area contributed by atoms with Gasteiger partial charge in [0, 0.05) is 24.7 Å². The van der Waals surface area contributed by atoms with Crippen molar-refractivity contribution in [3.05, 3.63) is 29.8 Å². The lowest BCUT2D eigenvalue weighted by Gasteiger charge is -2.35. The van der Waals surface area contributed by atoms with Crippen LogP contribution in [0.1, 0.15) is 51.5 Å². The van der Waals surface area contributed by atoms with Gasteiger partial charge in [0.15, 0.2) is 5.11 Å². The molecule has 1 aromatic rings. The molecular formula is C21H30N4O2S. The van der Waals surface area contributed by atoms with E-state index in [0.717, 1.165) is 30.6 Å². The Morgan fingerprint density at radius 1 is 1.14 bits per heavy atom. The van der Waals surface area contributed by atoms with E-state index >= 15 is 0 Å². The first-order valence-corrected chi connectivity index (χ1v) is 10.6. The number of amides is 2. The van der Waals surface area contributed by atoms with E-state index in [-0.39, 0.29) is 18.2 Å². The highest BCUT2D eigenvalue weighted by Gasteiger charge is 2.27. The van der Waals surface area contributed by atoms with E-state index in [9.17, 15) is 9.59 Å². The van der Waals surface area contributed by atoms with E-state index < -0.39 is 0 Å². The fourth-order valence-electron chi connectivity index (χ4n) is 4.06. The topological polar surface area (TPSA) is 73.5 Å². The van der Waals surface area contributed by atoms with Crippen LogP contribution >= 0.6 is 12.2 Å². The summed E-state index contributed by atoms with van der Waals surface area (Å²) in [4.78, 5) is 25.8. The highest BCUT2D eigenvalue weighted by Crippen LogP contribution is 2.29.